The average molecular weight is 1920 g/mol. The fraction of sp³-hybridized carbons (Fsp3) is 0.589. The minimum absolute atomic E-state index is 0.00538. The number of morpholine rings is 1. The Morgan fingerprint density at radius 1 is 0.260 bits per heavy atom. The summed E-state index contributed by atoms with van der Waals surface area (Å²) in [6.07, 6.45) is 4.96. The second-order valence-corrected chi connectivity index (χ2v) is 41.5. The van der Waals surface area contributed by atoms with Gasteiger partial charge in [0.05, 0.1) is 48.7 Å². The van der Waals surface area contributed by atoms with Gasteiger partial charge in [-0.3, -0.25) is 62.9 Å². The zero-order valence-electron chi connectivity index (χ0n) is 81.7. The van der Waals surface area contributed by atoms with Crippen LogP contribution in [0.1, 0.15) is 219 Å². The first kappa shape index (κ1) is 112. The second kappa shape index (κ2) is 57.0. The van der Waals surface area contributed by atoms with Crippen LogP contribution < -0.4 is 0 Å². The number of piperazine rings is 3. The Morgan fingerprint density at radius 3 is 0.595 bits per heavy atom. The van der Waals surface area contributed by atoms with E-state index >= 15 is 0 Å². The van der Waals surface area contributed by atoms with Crippen LogP contribution in [0, 0.1) is 47.3 Å². The molecule has 0 aliphatic carbocycles. The minimum Gasteiger partial charge on any atom is -0.379 e. The van der Waals surface area contributed by atoms with Crippen LogP contribution in [-0.2, 0) is 43.1 Å². The highest BCUT2D eigenvalue weighted by Crippen LogP contribution is 2.33. The van der Waals surface area contributed by atoms with Gasteiger partial charge >= 0.3 is 0 Å². The highest BCUT2D eigenvalue weighted by Gasteiger charge is 2.35. The molecule has 6 atom stereocenters. The van der Waals surface area contributed by atoms with Gasteiger partial charge in [-0.15, -0.1) is 0 Å². The topological polar surface area (TPSA) is 175 Å². The molecule has 2 amide bonds. The van der Waals surface area contributed by atoms with Gasteiger partial charge in [0.1, 0.15) is 34.7 Å². The lowest BCUT2D eigenvalue weighted by molar-refractivity contribution is -0.131. The molecule has 18 nitrogen and oxygen atoms in total. The van der Waals surface area contributed by atoms with Gasteiger partial charge in [0.15, 0.2) is 0 Å². The van der Waals surface area contributed by atoms with E-state index in [0.717, 1.165) is 217 Å². The highest BCUT2D eigenvalue weighted by molar-refractivity contribution is 6.32. The Balaban J connectivity index is 0.000000215. The van der Waals surface area contributed by atoms with Gasteiger partial charge in [-0.25, -0.2) is 0 Å². The maximum absolute atomic E-state index is 12.7. The predicted octanol–water partition coefficient (Wildman–Crippen LogP) is 21.0. The van der Waals surface area contributed by atoms with Crippen LogP contribution in [0.5, 0.6) is 0 Å². The predicted molar refractivity (Wildman–Crippen MR) is 542 cm³/mol. The first-order chi connectivity index (χ1) is 62.2. The summed E-state index contributed by atoms with van der Waals surface area (Å²) in [4.78, 5) is 119. The molecule has 0 aromatic heterocycles. The van der Waals surface area contributed by atoms with Crippen molar-refractivity contribution in [1.82, 2.24) is 44.1 Å². The summed E-state index contributed by atoms with van der Waals surface area (Å²) in [5.74, 6) is 3.37. The molecule has 0 spiro atoms. The van der Waals surface area contributed by atoms with Crippen molar-refractivity contribution in [2.75, 3.05) is 170 Å². The summed E-state index contributed by atoms with van der Waals surface area (Å²) < 4.78 is 5.37. The number of carbonyl (C=O) groups is 8. The molecular formula is C107H153Cl6N9O9. The van der Waals surface area contributed by atoms with Crippen LogP contribution in [0.25, 0.3) is 0 Å². The molecule has 6 saturated heterocycles. The lowest BCUT2D eigenvalue weighted by Gasteiger charge is -2.38. The maximum Gasteiger partial charge on any atom is 0.219 e. The van der Waals surface area contributed by atoms with E-state index in [4.69, 9.17) is 74.3 Å². The van der Waals surface area contributed by atoms with Crippen LogP contribution >= 0.6 is 69.6 Å². The molecule has 6 aromatic carbocycles. The molecule has 6 heterocycles. The molecule has 6 aromatic rings. The molecule has 0 N–H and O–H groups in total. The first-order valence-corrected chi connectivity index (χ1v) is 50.4. The van der Waals surface area contributed by atoms with E-state index in [0.29, 0.717) is 57.3 Å². The van der Waals surface area contributed by atoms with Gasteiger partial charge < -0.3 is 24.3 Å². The number of piperidine rings is 2. The zero-order valence-corrected chi connectivity index (χ0v) is 86.2. The molecule has 24 heteroatoms. The first-order valence-electron chi connectivity index (χ1n) is 48.1. The van der Waals surface area contributed by atoms with E-state index in [9.17, 15) is 38.4 Å². The van der Waals surface area contributed by atoms with Crippen molar-refractivity contribution in [3.05, 3.63) is 209 Å². The number of benzene rings is 6. The molecule has 6 aliphatic rings. The fourth-order valence-electron chi connectivity index (χ4n) is 17.5. The largest absolute Gasteiger partial charge is 0.379 e. The number of Topliss-reactive ketones (excluding diaryl/α,β-unsaturated/α-hetero) is 6. The van der Waals surface area contributed by atoms with E-state index in [1.54, 1.807) is 13.8 Å². The number of ketones is 6. The monoisotopic (exact) mass is 1920 g/mol. The molecule has 0 unspecified atom stereocenters. The summed E-state index contributed by atoms with van der Waals surface area (Å²) in [5.41, 5.74) is 6.36. The number of carbonyl (C=O) groups excluding carboxylic acids is 8. The normalized spacial score (nSPS) is 18.2. The number of ether oxygens (including phenoxy) is 1. The molecule has 6 aliphatic heterocycles. The molecule has 6 fully saturated rings. The van der Waals surface area contributed by atoms with Gasteiger partial charge in [-0.2, -0.15) is 0 Å². The Hall–Kier alpha value is -6.30. The summed E-state index contributed by atoms with van der Waals surface area (Å²) in [6.45, 7) is 58.8. The number of hydrogen-bond acceptors (Lipinski definition) is 16. The summed E-state index contributed by atoms with van der Waals surface area (Å²) in [6, 6.07) is 46.7. The van der Waals surface area contributed by atoms with Gasteiger partial charge in [-0.1, -0.05) is 239 Å². The van der Waals surface area contributed by atoms with E-state index < -0.39 is 0 Å². The van der Waals surface area contributed by atoms with E-state index in [-0.39, 0.29) is 94.4 Å². The zero-order chi connectivity index (χ0) is 96.3. The lowest BCUT2D eigenvalue weighted by Crippen LogP contribution is -2.50. The van der Waals surface area contributed by atoms with Crippen molar-refractivity contribution in [2.24, 2.45) is 47.3 Å². The number of nitrogens with zero attached hydrogens (tertiary/aromatic N) is 9. The average Bonchev–Trinajstić information content (AvgIpc) is 0.853. The minimum atomic E-state index is -0.142. The Kier molecular flexibility index (Phi) is 48.6. The number of rotatable bonds is 31. The summed E-state index contributed by atoms with van der Waals surface area (Å²) in [7, 11) is 0. The molecule has 0 radical (unpaired) electrons. The molecule has 0 bridgehead atoms. The van der Waals surface area contributed by atoms with Gasteiger partial charge in [0, 0.05) is 216 Å². The van der Waals surface area contributed by atoms with Gasteiger partial charge in [-0.05, 0) is 184 Å². The quantitative estimate of drug-likeness (QED) is 0.0401. The van der Waals surface area contributed by atoms with Crippen LogP contribution in [0.4, 0.5) is 0 Å². The Bertz CT molecular complexity index is 4230. The summed E-state index contributed by atoms with van der Waals surface area (Å²) in [5, 5.41) is 4.23. The van der Waals surface area contributed by atoms with Gasteiger partial charge in [0.2, 0.25) is 11.8 Å². The van der Waals surface area contributed by atoms with Crippen LogP contribution in [0.3, 0.4) is 0 Å². The number of likely N-dealkylation sites (tertiary alicyclic amines) is 2. The third-order valence-corrected chi connectivity index (χ3v) is 27.9. The maximum atomic E-state index is 12.7. The smallest absolute Gasteiger partial charge is 0.219 e. The van der Waals surface area contributed by atoms with Crippen molar-refractivity contribution in [2.45, 2.75) is 192 Å². The van der Waals surface area contributed by atoms with Crippen molar-refractivity contribution in [3.63, 3.8) is 0 Å². The van der Waals surface area contributed by atoms with E-state index in [1.807, 2.05) is 238 Å². The Morgan fingerprint density at radius 2 is 0.427 bits per heavy atom. The van der Waals surface area contributed by atoms with E-state index in [2.05, 4.69) is 62.0 Å². The summed E-state index contributed by atoms with van der Waals surface area (Å²) >= 11 is 35.8. The van der Waals surface area contributed by atoms with Gasteiger partial charge in [0.25, 0.3) is 0 Å². The SMILES string of the molecule is CC(=O)N1CCN(C[C@@H](C(=O)C(C)C)c2ccc(Cl)cc2)CC1.CC(=O)N1CCN(C[C@H](C(=O)C(C)C)c2ccc(Cl)cc2)CC1.CC(C)C(=O)[C@@H](CN1CCN(C(C)C)CC1)c1ccc(Cl)cc1.CC(C)C(=O)[C@@H](CN1CCOCC1)c1ccc(Cl)cc1.CC1CCN(C[C@@H](C(=O)C(C)C)c2ccc(Cl)cc2)CC1.CC1CCN(C[C@H](C(=O)C(C)C)c2ccc(Cl)cc2)CC1. The van der Waals surface area contributed by atoms with Crippen molar-refractivity contribution < 1.29 is 43.1 Å². The van der Waals surface area contributed by atoms with Crippen LogP contribution in [-0.4, -0.2) is 267 Å². The lowest BCUT2D eigenvalue weighted by atomic mass is 9.87. The highest BCUT2D eigenvalue weighted by atomic mass is 35.5. The number of hydrogen-bond donors (Lipinski definition) is 0. The van der Waals surface area contributed by atoms with Crippen molar-refractivity contribution >= 4 is 116 Å². The third-order valence-electron chi connectivity index (χ3n) is 26.4. The molecule has 12 rings (SSSR count). The van der Waals surface area contributed by atoms with Crippen molar-refractivity contribution in [3.8, 4) is 0 Å². The number of amides is 2. The second-order valence-electron chi connectivity index (χ2n) is 38.9. The standard InChI is InChI=1S/C19H29ClN2O.2C18H25ClN2O2.2C18H26ClNO.C16H22ClNO2/c1-14(2)19(23)18(16-5-7-17(20)8-6-16)13-21-9-11-22(12-10-21)15(3)4;2*1-13(2)18(23)17(15-4-6-16(19)7-5-15)12-20-8-10-21(11-9-20)14(3)22;2*1-13(2)18(21)17(15-4-6-16(19)7-5-15)12-20-10-8-14(3)9-11-20;1-12(2)16(19)15(11-18-7-9-20-10-8-18)13-3-5-14(17)6-4-13/h5-8,14-15,18H,9-13H2,1-4H3;2*4-7,13,17H,8-12H2,1-3H3;2*4-7,13-14,17H,8-12H2,1-3H3;3-6,12,15H,7-11H2,1-2H3/t18-;4*17-;15-/m010100/s1. The fourth-order valence-corrected chi connectivity index (χ4v) is 18.3. The molecular weight excluding hydrogens is 1770 g/mol. The molecule has 0 saturated carbocycles. The molecule has 722 valence electrons. The third kappa shape index (κ3) is 38.0. The molecule has 131 heavy (non-hydrogen) atoms. The van der Waals surface area contributed by atoms with Crippen LogP contribution in [0.2, 0.25) is 30.1 Å². The van der Waals surface area contributed by atoms with E-state index in [1.165, 1.54) is 25.7 Å². The Labute approximate surface area is 816 Å². The number of halogens is 6. The van der Waals surface area contributed by atoms with Crippen LogP contribution in [0.15, 0.2) is 146 Å². The van der Waals surface area contributed by atoms with Crippen molar-refractivity contribution in [1.29, 1.82) is 0 Å².